The van der Waals surface area contributed by atoms with Gasteiger partial charge in [0.15, 0.2) is 0 Å². The van der Waals surface area contributed by atoms with E-state index in [0.717, 1.165) is 5.69 Å². The van der Waals surface area contributed by atoms with Crippen molar-refractivity contribution in [3.8, 4) is 0 Å². The summed E-state index contributed by atoms with van der Waals surface area (Å²) >= 11 is 0. The maximum atomic E-state index is 11.5. The number of aromatic amines is 1. The minimum Gasteiger partial charge on any atom is -0.444 e. The normalized spacial score (nSPS) is 13.2. The third-order valence-electron chi connectivity index (χ3n) is 1.97. The zero-order valence-electron chi connectivity index (χ0n) is 10.4. The van der Waals surface area contributed by atoms with Crippen LogP contribution in [0.5, 0.6) is 0 Å². The number of aliphatic hydroxyl groups excluding tert-OH is 1. The van der Waals surface area contributed by atoms with Crippen molar-refractivity contribution in [3.05, 3.63) is 18.0 Å². The van der Waals surface area contributed by atoms with Crippen LogP contribution in [0.15, 0.2) is 12.3 Å². The molecule has 17 heavy (non-hydrogen) atoms. The summed E-state index contributed by atoms with van der Waals surface area (Å²) in [4.78, 5) is 11.5. The largest absolute Gasteiger partial charge is 0.444 e. The van der Waals surface area contributed by atoms with Crippen LogP contribution in [-0.4, -0.2) is 39.6 Å². The molecular formula is C11H19N3O3. The number of nitrogens with zero attached hydrogens (tertiary/aromatic N) is 1. The number of rotatable bonds is 4. The molecule has 0 saturated heterocycles. The van der Waals surface area contributed by atoms with Crippen molar-refractivity contribution in [1.82, 2.24) is 15.5 Å². The molecule has 6 nitrogen and oxygen atoms in total. The third-order valence-corrected chi connectivity index (χ3v) is 1.97. The van der Waals surface area contributed by atoms with E-state index in [2.05, 4.69) is 15.5 Å². The topological polar surface area (TPSA) is 87.2 Å². The Bertz CT molecular complexity index is 343. The van der Waals surface area contributed by atoms with E-state index in [4.69, 9.17) is 9.84 Å². The quantitative estimate of drug-likeness (QED) is 0.729. The number of carbonyl (C=O) groups is 1. The fourth-order valence-corrected chi connectivity index (χ4v) is 1.30. The predicted molar refractivity (Wildman–Crippen MR) is 62.5 cm³/mol. The number of H-pyrrole nitrogens is 1. The van der Waals surface area contributed by atoms with Crippen LogP contribution in [0.2, 0.25) is 0 Å². The molecule has 1 unspecified atom stereocenters. The van der Waals surface area contributed by atoms with E-state index >= 15 is 0 Å². The first-order valence-electron chi connectivity index (χ1n) is 5.49. The molecule has 0 bridgehead atoms. The second-order valence-corrected chi connectivity index (χ2v) is 4.81. The highest BCUT2D eigenvalue weighted by atomic mass is 16.6. The monoisotopic (exact) mass is 241 g/mol. The van der Waals surface area contributed by atoms with Crippen LogP contribution in [0.1, 0.15) is 26.5 Å². The average molecular weight is 241 g/mol. The van der Waals surface area contributed by atoms with Crippen LogP contribution in [0.25, 0.3) is 0 Å². The van der Waals surface area contributed by atoms with Crippen LogP contribution in [0, 0.1) is 0 Å². The number of aliphatic hydroxyl groups is 1. The van der Waals surface area contributed by atoms with Crippen LogP contribution < -0.4 is 5.32 Å². The lowest BCUT2D eigenvalue weighted by molar-refractivity contribution is 0.0482. The van der Waals surface area contributed by atoms with Crippen molar-refractivity contribution in [2.75, 3.05) is 6.61 Å². The molecule has 0 aliphatic carbocycles. The van der Waals surface area contributed by atoms with Gasteiger partial charge in [0.2, 0.25) is 0 Å². The molecule has 0 aromatic carbocycles. The van der Waals surface area contributed by atoms with Crippen molar-refractivity contribution >= 4 is 6.09 Å². The Morgan fingerprint density at radius 1 is 1.65 bits per heavy atom. The summed E-state index contributed by atoms with van der Waals surface area (Å²) in [5, 5.41) is 18.3. The Labute approximate surface area is 100 Å². The van der Waals surface area contributed by atoms with Crippen LogP contribution >= 0.6 is 0 Å². The van der Waals surface area contributed by atoms with E-state index in [1.54, 1.807) is 33.0 Å². The number of amides is 1. The highest BCUT2D eigenvalue weighted by molar-refractivity contribution is 5.68. The number of alkyl carbamates (subject to hydrolysis) is 1. The van der Waals surface area contributed by atoms with Gasteiger partial charge < -0.3 is 15.2 Å². The zero-order chi connectivity index (χ0) is 12.9. The lowest BCUT2D eigenvalue weighted by Crippen LogP contribution is -2.42. The lowest BCUT2D eigenvalue weighted by atomic mass is 10.1. The molecule has 1 heterocycles. The fourth-order valence-electron chi connectivity index (χ4n) is 1.30. The summed E-state index contributed by atoms with van der Waals surface area (Å²) < 4.78 is 5.10. The first-order valence-corrected chi connectivity index (χ1v) is 5.49. The summed E-state index contributed by atoms with van der Waals surface area (Å²) in [5.74, 6) is 0. The first-order chi connectivity index (χ1) is 7.90. The summed E-state index contributed by atoms with van der Waals surface area (Å²) in [6.45, 7) is 5.21. The highest BCUT2D eigenvalue weighted by Gasteiger charge is 2.19. The fraction of sp³-hybridized carbons (Fsp3) is 0.636. The molecule has 6 heteroatoms. The van der Waals surface area contributed by atoms with Gasteiger partial charge in [-0.05, 0) is 26.8 Å². The average Bonchev–Trinajstić information content (AvgIpc) is 2.66. The third kappa shape index (κ3) is 5.35. The van der Waals surface area contributed by atoms with Gasteiger partial charge in [0, 0.05) is 18.3 Å². The highest BCUT2D eigenvalue weighted by Crippen LogP contribution is 2.07. The summed E-state index contributed by atoms with van der Waals surface area (Å²) in [5.41, 5.74) is 0.304. The van der Waals surface area contributed by atoms with E-state index in [1.807, 2.05) is 0 Å². The Kier molecular flexibility index (Phi) is 4.51. The van der Waals surface area contributed by atoms with Crippen molar-refractivity contribution in [2.45, 2.75) is 38.8 Å². The smallest absolute Gasteiger partial charge is 0.407 e. The Morgan fingerprint density at radius 2 is 2.35 bits per heavy atom. The summed E-state index contributed by atoms with van der Waals surface area (Å²) in [6, 6.07) is 1.41. The van der Waals surface area contributed by atoms with Crippen molar-refractivity contribution < 1.29 is 14.6 Å². The Morgan fingerprint density at radius 3 is 2.82 bits per heavy atom. The van der Waals surface area contributed by atoms with Gasteiger partial charge >= 0.3 is 6.09 Å². The van der Waals surface area contributed by atoms with Crippen LogP contribution in [0.3, 0.4) is 0 Å². The molecule has 1 amide bonds. The molecule has 1 aromatic heterocycles. The molecule has 0 aliphatic rings. The van der Waals surface area contributed by atoms with Gasteiger partial charge in [0.05, 0.1) is 12.6 Å². The molecule has 1 atom stereocenters. The molecule has 1 rings (SSSR count). The van der Waals surface area contributed by atoms with Crippen molar-refractivity contribution in [2.24, 2.45) is 0 Å². The second kappa shape index (κ2) is 5.67. The minimum absolute atomic E-state index is 0.155. The molecule has 1 aromatic rings. The Balaban J connectivity index is 2.44. The number of nitrogens with one attached hydrogen (secondary N) is 2. The van der Waals surface area contributed by atoms with Gasteiger partial charge in [0.1, 0.15) is 5.60 Å². The van der Waals surface area contributed by atoms with Crippen LogP contribution in [-0.2, 0) is 11.2 Å². The van der Waals surface area contributed by atoms with Gasteiger partial charge in [-0.2, -0.15) is 5.10 Å². The van der Waals surface area contributed by atoms with Gasteiger partial charge in [-0.1, -0.05) is 0 Å². The van der Waals surface area contributed by atoms with E-state index in [9.17, 15) is 4.79 Å². The Hall–Kier alpha value is -1.56. The molecule has 3 N–H and O–H groups in total. The van der Waals surface area contributed by atoms with Crippen molar-refractivity contribution in [1.29, 1.82) is 0 Å². The summed E-state index contributed by atoms with van der Waals surface area (Å²) in [6.07, 6.45) is 1.57. The van der Waals surface area contributed by atoms with Gasteiger partial charge in [-0.3, -0.25) is 5.10 Å². The number of hydrogen-bond donors (Lipinski definition) is 3. The molecule has 0 aliphatic heterocycles. The zero-order valence-corrected chi connectivity index (χ0v) is 10.4. The summed E-state index contributed by atoms with van der Waals surface area (Å²) in [7, 11) is 0. The van der Waals surface area contributed by atoms with Crippen LogP contribution in [0.4, 0.5) is 4.79 Å². The maximum Gasteiger partial charge on any atom is 0.407 e. The lowest BCUT2D eigenvalue weighted by Gasteiger charge is -2.22. The number of hydrogen-bond acceptors (Lipinski definition) is 4. The van der Waals surface area contributed by atoms with Gasteiger partial charge in [-0.25, -0.2) is 4.79 Å². The molecule has 0 spiro atoms. The SMILES string of the molecule is CC(C)(C)OC(=O)NC(CO)Cc1ccn[nH]1. The predicted octanol–water partition coefficient (Wildman–Crippen LogP) is 0.838. The van der Waals surface area contributed by atoms with E-state index < -0.39 is 11.7 Å². The molecular weight excluding hydrogens is 222 g/mol. The molecule has 0 saturated carbocycles. The standard InChI is InChI=1S/C11H19N3O3/c1-11(2,3)17-10(16)13-9(7-15)6-8-4-5-12-14-8/h4-5,9,15H,6-7H2,1-3H3,(H,12,14)(H,13,16). The van der Waals surface area contributed by atoms with E-state index in [1.165, 1.54) is 0 Å². The van der Waals surface area contributed by atoms with Crippen molar-refractivity contribution in [3.63, 3.8) is 0 Å². The number of ether oxygens (including phenoxy) is 1. The first kappa shape index (κ1) is 13.5. The van der Waals surface area contributed by atoms with Gasteiger partial charge in [-0.15, -0.1) is 0 Å². The molecule has 0 radical (unpaired) electrons. The van der Waals surface area contributed by atoms with E-state index in [0.29, 0.717) is 6.42 Å². The number of carbonyl (C=O) groups excluding carboxylic acids is 1. The molecule has 0 fully saturated rings. The second-order valence-electron chi connectivity index (χ2n) is 4.81. The van der Waals surface area contributed by atoms with Gasteiger partial charge in [0.25, 0.3) is 0 Å². The maximum absolute atomic E-state index is 11.5. The minimum atomic E-state index is -0.544. The molecule has 96 valence electrons. The number of aromatic nitrogens is 2. The van der Waals surface area contributed by atoms with E-state index in [-0.39, 0.29) is 12.6 Å².